The van der Waals surface area contributed by atoms with Crippen LogP contribution in [-0.2, 0) is 14.4 Å². The number of hydrogen-bond donors (Lipinski definition) is 0. The van der Waals surface area contributed by atoms with Gasteiger partial charge in [0.25, 0.3) is 5.91 Å². The molecule has 2 fully saturated rings. The van der Waals surface area contributed by atoms with Gasteiger partial charge in [0.2, 0.25) is 11.8 Å². The lowest BCUT2D eigenvalue weighted by molar-refractivity contribution is -0.137. The van der Waals surface area contributed by atoms with E-state index < -0.39 is 0 Å². The van der Waals surface area contributed by atoms with Crippen molar-refractivity contribution in [1.29, 1.82) is 0 Å². The van der Waals surface area contributed by atoms with E-state index >= 15 is 0 Å². The minimum Gasteiger partial charge on any atom is -0.483 e. The molecule has 1 aromatic carbocycles. The van der Waals surface area contributed by atoms with Crippen molar-refractivity contribution >= 4 is 17.7 Å². The van der Waals surface area contributed by atoms with E-state index in [1.165, 1.54) is 0 Å². The van der Waals surface area contributed by atoms with E-state index in [0.717, 1.165) is 28.9 Å². The van der Waals surface area contributed by atoms with Crippen LogP contribution in [0.1, 0.15) is 43.4 Å². The molecule has 0 bridgehead atoms. The largest absolute Gasteiger partial charge is 0.483 e. The monoisotopic (exact) mass is 429 g/mol. The third-order valence-corrected chi connectivity index (χ3v) is 6.50. The molecule has 2 aliphatic rings. The van der Waals surface area contributed by atoms with Crippen LogP contribution in [-0.4, -0.2) is 77.8 Å². The molecule has 31 heavy (non-hydrogen) atoms. The molecule has 2 aliphatic heterocycles. The van der Waals surface area contributed by atoms with Crippen molar-refractivity contribution in [1.82, 2.24) is 14.7 Å². The van der Waals surface area contributed by atoms with Crippen molar-refractivity contribution in [3.63, 3.8) is 0 Å². The number of likely N-dealkylation sites (tertiary alicyclic amines) is 1. The fraction of sp³-hybridized carbons (Fsp3) is 0.625. The first-order valence-corrected chi connectivity index (χ1v) is 11.2. The Morgan fingerprint density at radius 2 is 1.68 bits per heavy atom. The standard InChI is InChI=1S/C24H35N3O4/c1-16(2)27-14-20(13-21(27)28)24(30)26-10-6-9-25(11-12-26)22(29)15-31-23-18(4)8-7-17(3)19(23)5/h7-8,16,20H,6,9-15H2,1-5H3. The molecule has 1 aromatic rings. The van der Waals surface area contributed by atoms with Crippen molar-refractivity contribution < 1.29 is 19.1 Å². The van der Waals surface area contributed by atoms with Crippen LogP contribution in [0.4, 0.5) is 0 Å². The minimum absolute atomic E-state index is 0.000441. The summed E-state index contributed by atoms with van der Waals surface area (Å²) in [7, 11) is 0. The van der Waals surface area contributed by atoms with Gasteiger partial charge in [-0.25, -0.2) is 0 Å². The zero-order valence-electron chi connectivity index (χ0n) is 19.4. The highest BCUT2D eigenvalue weighted by molar-refractivity contribution is 5.89. The number of ether oxygens (including phenoxy) is 1. The lowest BCUT2D eigenvalue weighted by Gasteiger charge is -2.25. The van der Waals surface area contributed by atoms with Crippen molar-refractivity contribution in [2.45, 2.75) is 53.5 Å². The minimum atomic E-state index is -0.271. The Labute approximate surface area is 185 Å². The predicted octanol–water partition coefficient (Wildman–Crippen LogP) is 2.31. The number of carbonyl (C=O) groups excluding carboxylic acids is 3. The normalized spacial score (nSPS) is 19.7. The molecule has 0 aliphatic carbocycles. The van der Waals surface area contributed by atoms with Gasteiger partial charge in [-0.15, -0.1) is 0 Å². The summed E-state index contributed by atoms with van der Waals surface area (Å²) in [4.78, 5) is 43.3. The molecule has 1 unspecified atom stereocenters. The van der Waals surface area contributed by atoms with Gasteiger partial charge in [0.1, 0.15) is 5.75 Å². The van der Waals surface area contributed by atoms with Gasteiger partial charge in [-0.05, 0) is 57.7 Å². The molecule has 7 nitrogen and oxygen atoms in total. The van der Waals surface area contributed by atoms with Crippen molar-refractivity contribution in [2.75, 3.05) is 39.3 Å². The van der Waals surface area contributed by atoms with Gasteiger partial charge < -0.3 is 19.4 Å². The van der Waals surface area contributed by atoms with Crippen LogP contribution in [0.2, 0.25) is 0 Å². The van der Waals surface area contributed by atoms with Gasteiger partial charge in [-0.3, -0.25) is 14.4 Å². The second-order valence-electron chi connectivity index (χ2n) is 9.04. The summed E-state index contributed by atoms with van der Waals surface area (Å²) in [5.41, 5.74) is 3.21. The molecule has 2 saturated heterocycles. The zero-order valence-corrected chi connectivity index (χ0v) is 19.4. The Balaban J connectivity index is 1.54. The van der Waals surface area contributed by atoms with Crippen LogP contribution in [0.5, 0.6) is 5.75 Å². The fourth-order valence-electron chi connectivity index (χ4n) is 4.41. The molecule has 7 heteroatoms. The van der Waals surface area contributed by atoms with Crippen LogP contribution in [0.3, 0.4) is 0 Å². The lowest BCUT2D eigenvalue weighted by atomic mass is 10.1. The maximum absolute atomic E-state index is 13.0. The summed E-state index contributed by atoms with van der Waals surface area (Å²) < 4.78 is 5.89. The number of aryl methyl sites for hydroxylation is 2. The van der Waals surface area contributed by atoms with E-state index in [4.69, 9.17) is 4.74 Å². The Morgan fingerprint density at radius 3 is 2.35 bits per heavy atom. The number of amides is 3. The maximum Gasteiger partial charge on any atom is 0.260 e. The topological polar surface area (TPSA) is 70.2 Å². The Bertz CT molecular complexity index is 851. The average Bonchev–Trinajstić information content (AvgIpc) is 2.96. The van der Waals surface area contributed by atoms with E-state index in [9.17, 15) is 14.4 Å². The lowest BCUT2D eigenvalue weighted by Crippen LogP contribution is -2.42. The van der Waals surface area contributed by atoms with Gasteiger partial charge >= 0.3 is 0 Å². The Kier molecular flexibility index (Phi) is 7.23. The molecule has 0 saturated carbocycles. The first kappa shape index (κ1) is 23.1. The van der Waals surface area contributed by atoms with Gasteiger partial charge in [-0.2, -0.15) is 0 Å². The third-order valence-electron chi connectivity index (χ3n) is 6.50. The summed E-state index contributed by atoms with van der Waals surface area (Å²) in [6, 6.07) is 4.17. The summed E-state index contributed by atoms with van der Waals surface area (Å²) in [5, 5.41) is 0. The van der Waals surface area contributed by atoms with E-state index in [1.807, 2.05) is 45.6 Å². The smallest absolute Gasteiger partial charge is 0.260 e. The van der Waals surface area contributed by atoms with Gasteiger partial charge in [0.15, 0.2) is 6.61 Å². The first-order chi connectivity index (χ1) is 14.7. The van der Waals surface area contributed by atoms with Crippen LogP contribution in [0, 0.1) is 26.7 Å². The second kappa shape index (κ2) is 9.71. The molecule has 0 N–H and O–H groups in total. The van der Waals surface area contributed by atoms with Gasteiger partial charge in [-0.1, -0.05) is 12.1 Å². The van der Waals surface area contributed by atoms with Crippen LogP contribution < -0.4 is 4.74 Å². The Morgan fingerprint density at radius 1 is 1.03 bits per heavy atom. The quantitative estimate of drug-likeness (QED) is 0.720. The first-order valence-electron chi connectivity index (χ1n) is 11.2. The predicted molar refractivity (Wildman–Crippen MR) is 119 cm³/mol. The van der Waals surface area contributed by atoms with Gasteiger partial charge in [0, 0.05) is 45.2 Å². The fourth-order valence-corrected chi connectivity index (χ4v) is 4.41. The highest BCUT2D eigenvalue weighted by Crippen LogP contribution is 2.26. The van der Waals surface area contributed by atoms with E-state index in [0.29, 0.717) is 39.1 Å². The van der Waals surface area contributed by atoms with E-state index in [2.05, 4.69) is 6.07 Å². The van der Waals surface area contributed by atoms with Crippen LogP contribution in [0.15, 0.2) is 12.1 Å². The molecule has 0 aromatic heterocycles. The van der Waals surface area contributed by atoms with Crippen molar-refractivity contribution in [2.24, 2.45) is 5.92 Å². The maximum atomic E-state index is 13.0. The highest BCUT2D eigenvalue weighted by atomic mass is 16.5. The van der Waals surface area contributed by atoms with Crippen LogP contribution in [0.25, 0.3) is 0 Å². The third kappa shape index (κ3) is 5.20. The number of nitrogens with zero attached hydrogens (tertiary/aromatic N) is 3. The molecule has 3 amide bonds. The van der Waals surface area contributed by atoms with Crippen molar-refractivity contribution in [3.05, 3.63) is 28.8 Å². The summed E-state index contributed by atoms with van der Waals surface area (Å²) in [6.45, 7) is 12.7. The molecular formula is C24H35N3O4. The molecular weight excluding hydrogens is 394 g/mol. The molecule has 2 heterocycles. The molecule has 3 rings (SSSR count). The van der Waals surface area contributed by atoms with Crippen molar-refractivity contribution in [3.8, 4) is 5.75 Å². The summed E-state index contributed by atoms with van der Waals surface area (Å²) >= 11 is 0. The van der Waals surface area contributed by atoms with E-state index in [-0.39, 0.29) is 36.3 Å². The number of hydrogen-bond acceptors (Lipinski definition) is 4. The van der Waals surface area contributed by atoms with E-state index in [1.54, 1.807) is 9.80 Å². The number of rotatable bonds is 5. The Hall–Kier alpha value is -2.57. The zero-order chi connectivity index (χ0) is 22.7. The molecule has 0 spiro atoms. The number of carbonyl (C=O) groups is 3. The van der Waals surface area contributed by atoms with Crippen LogP contribution >= 0.6 is 0 Å². The number of benzene rings is 1. The average molecular weight is 430 g/mol. The summed E-state index contributed by atoms with van der Waals surface area (Å²) in [6.07, 6.45) is 1.02. The molecule has 170 valence electrons. The molecule has 0 radical (unpaired) electrons. The molecule has 1 atom stereocenters. The van der Waals surface area contributed by atoms with Gasteiger partial charge in [0.05, 0.1) is 5.92 Å². The highest BCUT2D eigenvalue weighted by Gasteiger charge is 2.38. The SMILES string of the molecule is Cc1ccc(C)c(OCC(=O)N2CCCN(C(=O)C3CC(=O)N(C(C)C)C3)CC2)c1C. The summed E-state index contributed by atoms with van der Waals surface area (Å²) in [5.74, 6) is 0.539. The second-order valence-corrected chi connectivity index (χ2v) is 9.04.